The molecule has 1 amide bonds. The second-order valence-electron chi connectivity index (χ2n) is 5.59. The van der Waals surface area contributed by atoms with Gasteiger partial charge in [-0.15, -0.1) is 0 Å². The molecule has 2 rings (SSSR count). The molecule has 2 atom stereocenters. The van der Waals surface area contributed by atoms with E-state index in [1.807, 2.05) is 25.1 Å². The van der Waals surface area contributed by atoms with Crippen LogP contribution in [0.1, 0.15) is 37.3 Å². The first-order chi connectivity index (χ1) is 10.2. The number of nitrogens with one attached hydrogen (secondary N) is 1. The van der Waals surface area contributed by atoms with Crippen LogP contribution in [0.2, 0.25) is 0 Å². The van der Waals surface area contributed by atoms with Gasteiger partial charge in [-0.25, -0.2) is 0 Å². The average Bonchev–Trinajstić information content (AvgIpc) is 2.53. The largest absolute Gasteiger partial charge is 0.496 e. The van der Waals surface area contributed by atoms with Crippen LogP contribution in [-0.4, -0.2) is 25.7 Å². The normalized spacial score (nSPS) is 21.9. The molecule has 21 heavy (non-hydrogen) atoms. The molecule has 0 spiro atoms. The summed E-state index contributed by atoms with van der Waals surface area (Å²) in [5, 5.41) is 3.03. The summed E-state index contributed by atoms with van der Waals surface area (Å²) in [5.74, 6) is 0.936. The van der Waals surface area contributed by atoms with Crippen molar-refractivity contribution in [1.29, 1.82) is 0 Å². The Hall–Kier alpha value is -1.55. The maximum atomic E-state index is 12.3. The summed E-state index contributed by atoms with van der Waals surface area (Å²) in [6.45, 7) is 5.38. The van der Waals surface area contributed by atoms with Crippen molar-refractivity contribution in [2.24, 2.45) is 5.92 Å². The van der Waals surface area contributed by atoms with Crippen molar-refractivity contribution in [2.75, 3.05) is 13.7 Å². The number of hydrogen-bond acceptors (Lipinski definition) is 3. The molecule has 1 aromatic carbocycles. The van der Waals surface area contributed by atoms with Crippen LogP contribution in [0.25, 0.3) is 0 Å². The molecule has 1 aliphatic heterocycles. The van der Waals surface area contributed by atoms with E-state index in [9.17, 15) is 4.79 Å². The Balaban J connectivity index is 1.94. The van der Waals surface area contributed by atoms with E-state index in [0.717, 1.165) is 42.7 Å². The first-order valence-corrected chi connectivity index (χ1v) is 7.68. The van der Waals surface area contributed by atoms with Crippen LogP contribution in [0.5, 0.6) is 5.75 Å². The second-order valence-corrected chi connectivity index (χ2v) is 5.59. The number of aryl methyl sites for hydroxylation is 1. The predicted molar refractivity (Wildman–Crippen MR) is 82.3 cm³/mol. The van der Waals surface area contributed by atoms with Crippen molar-refractivity contribution in [3.8, 4) is 5.75 Å². The van der Waals surface area contributed by atoms with Gasteiger partial charge in [-0.2, -0.15) is 0 Å². The Morgan fingerprint density at radius 1 is 1.48 bits per heavy atom. The molecule has 1 fully saturated rings. The van der Waals surface area contributed by atoms with E-state index < -0.39 is 0 Å². The summed E-state index contributed by atoms with van der Waals surface area (Å²) in [7, 11) is 1.66. The van der Waals surface area contributed by atoms with E-state index in [1.165, 1.54) is 0 Å². The predicted octanol–water partition coefficient (Wildman–Crippen LogP) is 2.83. The van der Waals surface area contributed by atoms with Crippen LogP contribution in [-0.2, 0) is 16.1 Å². The van der Waals surface area contributed by atoms with E-state index in [-0.39, 0.29) is 17.9 Å². The highest BCUT2D eigenvalue weighted by atomic mass is 16.5. The highest BCUT2D eigenvalue weighted by molar-refractivity contribution is 5.79. The molecule has 1 heterocycles. The highest BCUT2D eigenvalue weighted by Crippen LogP contribution is 2.24. The van der Waals surface area contributed by atoms with Crippen LogP contribution in [0, 0.1) is 12.8 Å². The van der Waals surface area contributed by atoms with Crippen molar-refractivity contribution >= 4 is 5.91 Å². The third-order valence-electron chi connectivity index (χ3n) is 4.12. The third kappa shape index (κ3) is 3.97. The van der Waals surface area contributed by atoms with Crippen molar-refractivity contribution in [2.45, 2.75) is 45.8 Å². The van der Waals surface area contributed by atoms with Crippen molar-refractivity contribution in [3.05, 3.63) is 29.3 Å². The lowest BCUT2D eigenvalue weighted by Crippen LogP contribution is -2.41. The lowest BCUT2D eigenvalue weighted by atomic mass is 9.92. The minimum absolute atomic E-state index is 0.0175. The van der Waals surface area contributed by atoms with Crippen molar-refractivity contribution in [3.63, 3.8) is 0 Å². The molecule has 0 unspecified atom stereocenters. The minimum atomic E-state index is -0.0175. The Labute approximate surface area is 126 Å². The van der Waals surface area contributed by atoms with Crippen LogP contribution >= 0.6 is 0 Å². The lowest BCUT2D eigenvalue weighted by molar-refractivity contribution is -0.134. The molecule has 1 N–H and O–H groups in total. The van der Waals surface area contributed by atoms with Crippen LogP contribution in [0.3, 0.4) is 0 Å². The molecule has 0 bridgehead atoms. The topological polar surface area (TPSA) is 47.6 Å². The Morgan fingerprint density at radius 3 is 3.00 bits per heavy atom. The molecular weight excluding hydrogens is 266 g/mol. The smallest absolute Gasteiger partial charge is 0.225 e. The van der Waals surface area contributed by atoms with E-state index in [0.29, 0.717) is 6.54 Å². The summed E-state index contributed by atoms with van der Waals surface area (Å²) in [6, 6.07) is 6.01. The SMILES string of the molecule is CC[C@@H]1OCCC[C@@H]1C(=O)NCc1ccc(C)c(OC)c1. The monoisotopic (exact) mass is 291 g/mol. The second kappa shape index (κ2) is 7.46. The maximum Gasteiger partial charge on any atom is 0.225 e. The number of benzene rings is 1. The summed E-state index contributed by atoms with van der Waals surface area (Å²) in [4.78, 5) is 12.3. The van der Waals surface area contributed by atoms with Crippen molar-refractivity contribution in [1.82, 2.24) is 5.32 Å². The molecule has 0 saturated carbocycles. The maximum absolute atomic E-state index is 12.3. The van der Waals surface area contributed by atoms with Gasteiger partial charge in [0.25, 0.3) is 0 Å². The number of rotatable bonds is 5. The van der Waals surface area contributed by atoms with E-state index in [4.69, 9.17) is 9.47 Å². The Kier molecular flexibility index (Phi) is 5.62. The standard InChI is InChI=1S/C17H25NO3/c1-4-15-14(6-5-9-21-15)17(19)18-11-13-8-7-12(2)16(10-13)20-3/h7-8,10,14-15H,4-6,9,11H2,1-3H3,(H,18,19)/t14-,15-/m0/s1. The summed E-state index contributed by atoms with van der Waals surface area (Å²) < 4.78 is 11.0. The summed E-state index contributed by atoms with van der Waals surface area (Å²) in [5.41, 5.74) is 2.15. The van der Waals surface area contributed by atoms with Gasteiger partial charge in [-0.1, -0.05) is 19.1 Å². The fourth-order valence-electron chi connectivity index (χ4n) is 2.84. The molecule has 0 aliphatic carbocycles. The van der Waals surface area contributed by atoms with Crippen LogP contribution < -0.4 is 10.1 Å². The molecule has 1 aliphatic rings. The molecule has 4 heteroatoms. The first kappa shape index (κ1) is 15.8. The van der Waals surface area contributed by atoms with Crippen molar-refractivity contribution < 1.29 is 14.3 Å². The highest BCUT2D eigenvalue weighted by Gasteiger charge is 2.30. The van der Waals surface area contributed by atoms with Gasteiger partial charge >= 0.3 is 0 Å². The molecule has 1 aromatic rings. The zero-order valence-corrected chi connectivity index (χ0v) is 13.1. The number of carbonyl (C=O) groups is 1. The van der Waals surface area contributed by atoms with Crippen LogP contribution in [0.15, 0.2) is 18.2 Å². The Morgan fingerprint density at radius 2 is 2.29 bits per heavy atom. The zero-order valence-electron chi connectivity index (χ0n) is 13.1. The van der Waals surface area contributed by atoms with Gasteiger partial charge < -0.3 is 14.8 Å². The molecule has 0 radical (unpaired) electrons. The average molecular weight is 291 g/mol. The number of carbonyl (C=O) groups excluding carboxylic acids is 1. The Bertz CT molecular complexity index is 487. The number of methoxy groups -OCH3 is 1. The molecule has 116 valence electrons. The van der Waals surface area contributed by atoms with E-state index in [2.05, 4.69) is 12.2 Å². The number of amides is 1. The number of ether oxygens (including phenoxy) is 2. The van der Waals surface area contributed by atoms with E-state index >= 15 is 0 Å². The van der Waals surface area contributed by atoms with Gasteiger partial charge in [-0.05, 0) is 43.4 Å². The quantitative estimate of drug-likeness (QED) is 0.907. The van der Waals surface area contributed by atoms with Gasteiger partial charge in [0.15, 0.2) is 0 Å². The van der Waals surface area contributed by atoms with Crippen LogP contribution in [0.4, 0.5) is 0 Å². The zero-order chi connectivity index (χ0) is 15.2. The number of hydrogen-bond donors (Lipinski definition) is 1. The third-order valence-corrected chi connectivity index (χ3v) is 4.12. The first-order valence-electron chi connectivity index (χ1n) is 7.68. The van der Waals surface area contributed by atoms with Gasteiger partial charge in [0.1, 0.15) is 5.75 Å². The molecule has 4 nitrogen and oxygen atoms in total. The van der Waals surface area contributed by atoms with Gasteiger partial charge in [0.2, 0.25) is 5.91 Å². The fraction of sp³-hybridized carbons (Fsp3) is 0.588. The fourth-order valence-corrected chi connectivity index (χ4v) is 2.84. The van der Waals surface area contributed by atoms with Gasteiger partial charge in [-0.3, -0.25) is 4.79 Å². The summed E-state index contributed by atoms with van der Waals surface area (Å²) in [6.07, 6.45) is 2.83. The molecule has 1 saturated heterocycles. The minimum Gasteiger partial charge on any atom is -0.496 e. The van der Waals surface area contributed by atoms with Gasteiger partial charge in [0, 0.05) is 13.2 Å². The molecular formula is C17H25NO3. The lowest BCUT2D eigenvalue weighted by Gasteiger charge is -2.30. The van der Waals surface area contributed by atoms with Gasteiger partial charge in [0.05, 0.1) is 19.1 Å². The van der Waals surface area contributed by atoms with E-state index in [1.54, 1.807) is 7.11 Å². The molecule has 0 aromatic heterocycles. The summed E-state index contributed by atoms with van der Waals surface area (Å²) >= 11 is 0.